The lowest BCUT2D eigenvalue weighted by Crippen LogP contribution is -2.16. The van der Waals surface area contributed by atoms with Gasteiger partial charge in [0.15, 0.2) is 0 Å². The molecular formula is C20H34O6. The van der Waals surface area contributed by atoms with E-state index in [-0.39, 0.29) is 25.7 Å². The minimum Gasteiger partial charge on any atom is -0.393 e. The Morgan fingerprint density at radius 1 is 0.462 bits per heavy atom. The molecule has 26 heavy (non-hydrogen) atoms. The van der Waals surface area contributed by atoms with Crippen LogP contribution in [0.3, 0.4) is 0 Å². The van der Waals surface area contributed by atoms with Gasteiger partial charge in [-0.25, -0.2) is 0 Å². The first-order valence-corrected chi connectivity index (χ1v) is 9.96. The van der Waals surface area contributed by atoms with Gasteiger partial charge in [0.25, 0.3) is 0 Å². The lowest BCUT2D eigenvalue weighted by molar-refractivity contribution is -0.165. The van der Waals surface area contributed by atoms with Gasteiger partial charge in [0.2, 0.25) is 0 Å². The number of ether oxygens (including phenoxy) is 2. The SMILES string of the molecule is CCCCCCCC(=O)OC(=O)CCC(=O)OC(=O)CCCCCCC. The van der Waals surface area contributed by atoms with Crippen LogP contribution in [-0.4, -0.2) is 23.9 Å². The molecule has 0 bridgehead atoms. The summed E-state index contributed by atoms with van der Waals surface area (Å²) in [6.45, 7) is 4.22. The second kappa shape index (κ2) is 16.7. The summed E-state index contributed by atoms with van der Waals surface area (Å²) >= 11 is 0. The molecule has 0 saturated heterocycles. The van der Waals surface area contributed by atoms with Crippen molar-refractivity contribution in [3.63, 3.8) is 0 Å². The molecule has 0 spiro atoms. The molecule has 0 rings (SSSR count). The molecule has 0 heterocycles. The molecule has 6 nitrogen and oxygen atoms in total. The fourth-order valence-electron chi connectivity index (χ4n) is 2.41. The first kappa shape index (κ1) is 24.3. The van der Waals surface area contributed by atoms with E-state index in [1.165, 1.54) is 0 Å². The van der Waals surface area contributed by atoms with Crippen LogP contribution in [0.4, 0.5) is 0 Å². The average molecular weight is 370 g/mol. The number of carbonyl (C=O) groups excluding carboxylic acids is 4. The Balaban J connectivity index is 3.72. The lowest BCUT2D eigenvalue weighted by Gasteiger charge is -2.04. The third-order valence-corrected chi connectivity index (χ3v) is 3.96. The van der Waals surface area contributed by atoms with Crippen molar-refractivity contribution < 1.29 is 28.7 Å². The van der Waals surface area contributed by atoms with E-state index >= 15 is 0 Å². The summed E-state index contributed by atoms with van der Waals surface area (Å²) in [7, 11) is 0. The van der Waals surface area contributed by atoms with Crippen molar-refractivity contribution in [2.75, 3.05) is 0 Å². The number of esters is 4. The Bertz CT molecular complexity index is 390. The van der Waals surface area contributed by atoms with E-state index in [4.69, 9.17) is 0 Å². The Kier molecular flexibility index (Phi) is 15.6. The van der Waals surface area contributed by atoms with Crippen LogP contribution >= 0.6 is 0 Å². The van der Waals surface area contributed by atoms with E-state index in [0.29, 0.717) is 12.8 Å². The van der Waals surface area contributed by atoms with Gasteiger partial charge in [0.1, 0.15) is 0 Å². The third kappa shape index (κ3) is 15.8. The molecule has 0 N–H and O–H groups in total. The zero-order valence-corrected chi connectivity index (χ0v) is 16.3. The highest BCUT2D eigenvalue weighted by atomic mass is 16.6. The van der Waals surface area contributed by atoms with Gasteiger partial charge < -0.3 is 9.47 Å². The second-order valence-corrected chi connectivity index (χ2v) is 6.52. The molecule has 0 saturated carbocycles. The maximum Gasteiger partial charge on any atom is 0.314 e. The minimum absolute atomic E-state index is 0.205. The van der Waals surface area contributed by atoms with Crippen LogP contribution in [0.15, 0.2) is 0 Å². The van der Waals surface area contributed by atoms with Gasteiger partial charge in [0.05, 0.1) is 12.8 Å². The molecule has 0 aromatic heterocycles. The molecule has 0 aromatic carbocycles. The molecule has 0 aliphatic heterocycles. The van der Waals surface area contributed by atoms with Gasteiger partial charge in [-0.3, -0.25) is 19.2 Å². The molecule has 0 radical (unpaired) electrons. The van der Waals surface area contributed by atoms with E-state index in [1.807, 2.05) is 0 Å². The van der Waals surface area contributed by atoms with E-state index in [0.717, 1.165) is 51.4 Å². The van der Waals surface area contributed by atoms with E-state index < -0.39 is 23.9 Å². The lowest BCUT2D eigenvalue weighted by atomic mass is 10.1. The third-order valence-electron chi connectivity index (χ3n) is 3.96. The Hall–Kier alpha value is -1.72. The van der Waals surface area contributed by atoms with Crippen molar-refractivity contribution in [2.24, 2.45) is 0 Å². The first-order chi connectivity index (χ1) is 12.5. The van der Waals surface area contributed by atoms with E-state index in [2.05, 4.69) is 23.3 Å². The second-order valence-electron chi connectivity index (χ2n) is 6.52. The standard InChI is InChI=1S/C20H34O6/c1-3-5-7-9-11-13-17(21)25-19(23)15-16-20(24)26-18(22)14-12-10-8-6-4-2/h3-16H2,1-2H3. The Labute approximate surface area is 157 Å². The summed E-state index contributed by atoms with van der Waals surface area (Å²) in [5.74, 6) is -2.65. The van der Waals surface area contributed by atoms with Crippen molar-refractivity contribution in [2.45, 2.75) is 104 Å². The predicted molar refractivity (Wildman–Crippen MR) is 98.2 cm³/mol. The summed E-state index contributed by atoms with van der Waals surface area (Å²) in [6, 6.07) is 0. The molecule has 0 unspecified atom stereocenters. The summed E-state index contributed by atoms with van der Waals surface area (Å²) < 4.78 is 9.29. The molecule has 0 aliphatic rings. The average Bonchev–Trinajstić information content (AvgIpc) is 2.59. The highest BCUT2D eigenvalue weighted by molar-refractivity contribution is 5.89. The fraction of sp³-hybridized carbons (Fsp3) is 0.800. The molecule has 0 aromatic rings. The van der Waals surface area contributed by atoms with E-state index in [9.17, 15) is 19.2 Å². The van der Waals surface area contributed by atoms with Crippen molar-refractivity contribution >= 4 is 23.9 Å². The zero-order valence-electron chi connectivity index (χ0n) is 16.3. The van der Waals surface area contributed by atoms with Gasteiger partial charge in [-0.2, -0.15) is 0 Å². The molecule has 0 amide bonds. The van der Waals surface area contributed by atoms with Gasteiger partial charge >= 0.3 is 23.9 Å². The molecule has 0 aliphatic carbocycles. The van der Waals surface area contributed by atoms with Crippen molar-refractivity contribution in [3.05, 3.63) is 0 Å². The maximum atomic E-state index is 11.5. The van der Waals surface area contributed by atoms with Gasteiger partial charge in [-0.1, -0.05) is 65.2 Å². The predicted octanol–water partition coefficient (Wildman–Crippen LogP) is 4.63. The summed E-state index contributed by atoms with van der Waals surface area (Å²) in [5, 5.41) is 0. The topological polar surface area (TPSA) is 86.7 Å². The monoisotopic (exact) mass is 370 g/mol. The molecule has 0 fully saturated rings. The molecule has 150 valence electrons. The summed E-state index contributed by atoms with van der Waals surface area (Å²) in [5.41, 5.74) is 0. The Morgan fingerprint density at radius 3 is 1.12 bits per heavy atom. The first-order valence-electron chi connectivity index (χ1n) is 9.96. The van der Waals surface area contributed by atoms with Crippen LogP contribution in [0, 0.1) is 0 Å². The van der Waals surface area contributed by atoms with Crippen molar-refractivity contribution in [1.82, 2.24) is 0 Å². The van der Waals surface area contributed by atoms with E-state index in [1.54, 1.807) is 0 Å². The van der Waals surface area contributed by atoms with Crippen molar-refractivity contribution in [3.8, 4) is 0 Å². The number of hydrogen-bond donors (Lipinski definition) is 0. The van der Waals surface area contributed by atoms with Crippen LogP contribution in [-0.2, 0) is 28.7 Å². The Morgan fingerprint density at radius 2 is 0.769 bits per heavy atom. The number of carbonyl (C=O) groups is 4. The van der Waals surface area contributed by atoms with Crippen LogP contribution < -0.4 is 0 Å². The quantitative estimate of drug-likeness (QED) is 0.237. The fourth-order valence-corrected chi connectivity index (χ4v) is 2.41. The van der Waals surface area contributed by atoms with Gasteiger partial charge in [-0.15, -0.1) is 0 Å². The molecule has 6 heteroatoms. The number of hydrogen-bond acceptors (Lipinski definition) is 6. The molecular weight excluding hydrogens is 336 g/mol. The van der Waals surface area contributed by atoms with Crippen molar-refractivity contribution in [1.29, 1.82) is 0 Å². The van der Waals surface area contributed by atoms with Gasteiger partial charge in [0, 0.05) is 12.8 Å². The summed E-state index contributed by atoms with van der Waals surface area (Å²) in [6.07, 6.45) is 9.80. The van der Waals surface area contributed by atoms with Crippen LogP contribution in [0.25, 0.3) is 0 Å². The number of rotatable bonds is 15. The summed E-state index contributed by atoms with van der Waals surface area (Å²) in [4.78, 5) is 46.0. The van der Waals surface area contributed by atoms with Crippen LogP contribution in [0.1, 0.15) is 104 Å². The molecule has 0 atom stereocenters. The van der Waals surface area contributed by atoms with Crippen LogP contribution in [0.5, 0.6) is 0 Å². The minimum atomic E-state index is -0.757. The maximum absolute atomic E-state index is 11.5. The normalized spacial score (nSPS) is 10.4. The highest BCUT2D eigenvalue weighted by Crippen LogP contribution is 2.08. The zero-order chi connectivity index (χ0) is 19.6. The largest absolute Gasteiger partial charge is 0.393 e. The highest BCUT2D eigenvalue weighted by Gasteiger charge is 2.15. The number of unbranched alkanes of at least 4 members (excludes halogenated alkanes) is 8. The van der Waals surface area contributed by atoms with Gasteiger partial charge in [-0.05, 0) is 12.8 Å². The smallest absolute Gasteiger partial charge is 0.314 e. The van der Waals surface area contributed by atoms with Crippen LogP contribution in [0.2, 0.25) is 0 Å².